The van der Waals surface area contributed by atoms with Crippen molar-refractivity contribution in [1.29, 1.82) is 0 Å². The summed E-state index contributed by atoms with van der Waals surface area (Å²) in [6.45, 7) is 0. The van der Waals surface area contributed by atoms with Gasteiger partial charge in [-0.15, -0.1) is 0 Å². The van der Waals surface area contributed by atoms with Crippen LogP contribution in [0.4, 0.5) is 13.2 Å². The lowest BCUT2D eigenvalue weighted by Gasteiger charge is -2.03. The maximum Gasteiger partial charge on any atom is 0.433 e. The van der Waals surface area contributed by atoms with E-state index in [1.807, 2.05) is 12.1 Å². The van der Waals surface area contributed by atoms with E-state index >= 15 is 0 Å². The number of alkyl halides is 3. The topological polar surface area (TPSA) is 63.0 Å². The van der Waals surface area contributed by atoms with Crippen molar-refractivity contribution in [2.24, 2.45) is 0 Å². The van der Waals surface area contributed by atoms with Gasteiger partial charge in [-0.3, -0.25) is 9.89 Å². The molecule has 0 aliphatic carbocycles. The number of hydrogen-bond donors (Lipinski definition) is 1. The highest BCUT2D eigenvalue weighted by atomic mass is 35.5. The van der Waals surface area contributed by atoms with Crippen molar-refractivity contribution in [1.82, 2.24) is 19.6 Å². The van der Waals surface area contributed by atoms with Crippen LogP contribution in [-0.2, 0) is 11.9 Å². The summed E-state index contributed by atoms with van der Waals surface area (Å²) in [6, 6.07) is 7.54. The Morgan fingerprint density at radius 3 is 2.57 bits per heavy atom. The summed E-state index contributed by atoms with van der Waals surface area (Å²) in [5.41, 5.74) is -1.17. The molecule has 1 aromatic carbocycles. The number of nitrogens with zero attached hydrogens (tertiary/aromatic N) is 3. The predicted molar refractivity (Wildman–Crippen MR) is 79.6 cm³/mol. The number of thioether (sulfide) groups is 1. The second-order valence-electron chi connectivity index (χ2n) is 4.56. The Labute approximate surface area is 136 Å². The Hall–Kier alpha value is -2.00. The van der Waals surface area contributed by atoms with Gasteiger partial charge in [0.15, 0.2) is 10.9 Å². The lowest BCUT2D eigenvalue weighted by molar-refractivity contribution is -0.141. The Morgan fingerprint density at radius 2 is 1.91 bits per heavy atom. The summed E-state index contributed by atoms with van der Waals surface area (Å²) in [4.78, 5) is 19.0. The van der Waals surface area contributed by atoms with Crippen LogP contribution in [0.5, 0.6) is 0 Å². The van der Waals surface area contributed by atoms with Gasteiger partial charge < -0.3 is 0 Å². The van der Waals surface area contributed by atoms with Gasteiger partial charge >= 0.3 is 6.18 Å². The number of fused-ring (bicyclic) bond motifs is 1. The average molecular weight is 361 g/mol. The Kier molecular flexibility index (Phi) is 4.07. The lowest BCUT2D eigenvalue weighted by Crippen LogP contribution is -2.20. The maximum absolute atomic E-state index is 12.6. The van der Waals surface area contributed by atoms with Gasteiger partial charge in [-0.05, 0) is 17.7 Å². The SMILES string of the molecule is O=c1cc(C(F)(F)F)nc2nc(SCc3ccc(Cl)cc3)[nH]n12. The van der Waals surface area contributed by atoms with Crippen molar-refractivity contribution in [3.63, 3.8) is 0 Å². The molecule has 2 aromatic heterocycles. The van der Waals surface area contributed by atoms with Crippen molar-refractivity contribution in [2.75, 3.05) is 0 Å². The molecule has 23 heavy (non-hydrogen) atoms. The molecule has 0 radical (unpaired) electrons. The quantitative estimate of drug-likeness (QED) is 0.727. The Morgan fingerprint density at radius 1 is 1.22 bits per heavy atom. The van der Waals surface area contributed by atoms with Crippen molar-refractivity contribution < 1.29 is 13.2 Å². The van der Waals surface area contributed by atoms with Crippen LogP contribution in [0.15, 0.2) is 40.3 Å². The first-order valence-electron chi connectivity index (χ1n) is 6.27. The molecular formula is C13H8ClF3N4OS. The molecule has 2 heterocycles. The number of benzene rings is 1. The van der Waals surface area contributed by atoms with Crippen LogP contribution in [0, 0.1) is 0 Å². The molecule has 0 fully saturated rings. The molecule has 5 nitrogen and oxygen atoms in total. The summed E-state index contributed by atoms with van der Waals surface area (Å²) in [5.74, 6) is 0.196. The van der Waals surface area contributed by atoms with E-state index in [0.29, 0.717) is 22.0 Å². The molecule has 120 valence electrons. The van der Waals surface area contributed by atoms with Gasteiger partial charge in [0.05, 0.1) is 0 Å². The largest absolute Gasteiger partial charge is 0.433 e. The number of rotatable bonds is 3. The van der Waals surface area contributed by atoms with E-state index in [9.17, 15) is 18.0 Å². The van der Waals surface area contributed by atoms with E-state index in [1.165, 1.54) is 11.8 Å². The van der Waals surface area contributed by atoms with Crippen LogP contribution in [0.2, 0.25) is 5.02 Å². The lowest BCUT2D eigenvalue weighted by atomic mass is 10.2. The van der Waals surface area contributed by atoms with E-state index in [-0.39, 0.29) is 5.78 Å². The summed E-state index contributed by atoms with van der Waals surface area (Å²) >= 11 is 7.02. The molecule has 0 aliphatic heterocycles. The van der Waals surface area contributed by atoms with E-state index in [0.717, 1.165) is 10.1 Å². The number of nitrogens with one attached hydrogen (secondary N) is 1. The molecule has 0 spiro atoms. The second kappa shape index (κ2) is 5.89. The fraction of sp³-hybridized carbons (Fsp3) is 0.154. The highest BCUT2D eigenvalue weighted by Gasteiger charge is 2.33. The summed E-state index contributed by atoms with van der Waals surface area (Å²) < 4.78 is 38.8. The fourth-order valence-corrected chi connectivity index (χ4v) is 2.73. The van der Waals surface area contributed by atoms with E-state index < -0.39 is 17.4 Å². The molecular weight excluding hydrogens is 353 g/mol. The summed E-state index contributed by atoms with van der Waals surface area (Å²) in [6.07, 6.45) is -4.69. The van der Waals surface area contributed by atoms with Gasteiger partial charge in [-0.2, -0.15) is 22.7 Å². The molecule has 3 rings (SSSR count). The third-order valence-electron chi connectivity index (χ3n) is 2.89. The van der Waals surface area contributed by atoms with E-state index in [1.54, 1.807) is 12.1 Å². The Bertz CT molecular complexity index is 904. The van der Waals surface area contributed by atoms with Crippen LogP contribution >= 0.6 is 23.4 Å². The van der Waals surface area contributed by atoms with Gasteiger partial charge in [0.25, 0.3) is 11.3 Å². The third kappa shape index (κ3) is 3.50. The molecule has 0 unspecified atom stereocenters. The number of aromatic nitrogens is 4. The third-order valence-corrected chi connectivity index (χ3v) is 4.07. The van der Waals surface area contributed by atoms with Gasteiger partial charge in [-0.1, -0.05) is 35.5 Å². The number of aromatic amines is 1. The number of halogens is 4. The number of H-pyrrole nitrogens is 1. The van der Waals surface area contributed by atoms with Crippen molar-refractivity contribution >= 4 is 29.1 Å². The predicted octanol–water partition coefficient (Wildman–Crippen LogP) is 3.38. The fourth-order valence-electron chi connectivity index (χ4n) is 1.80. The first-order valence-corrected chi connectivity index (χ1v) is 7.63. The highest BCUT2D eigenvalue weighted by Crippen LogP contribution is 2.27. The van der Waals surface area contributed by atoms with E-state index in [4.69, 9.17) is 11.6 Å². The minimum Gasteiger partial charge on any atom is -0.267 e. The zero-order chi connectivity index (χ0) is 16.6. The molecule has 10 heteroatoms. The van der Waals surface area contributed by atoms with Gasteiger partial charge in [0.2, 0.25) is 0 Å². The normalized spacial score (nSPS) is 12.0. The van der Waals surface area contributed by atoms with Gasteiger partial charge in [-0.25, -0.2) is 4.98 Å². The Balaban J connectivity index is 1.86. The first-order chi connectivity index (χ1) is 10.8. The zero-order valence-electron chi connectivity index (χ0n) is 11.3. The molecule has 0 aliphatic rings. The maximum atomic E-state index is 12.6. The molecule has 0 amide bonds. The van der Waals surface area contributed by atoms with Crippen LogP contribution in [0.3, 0.4) is 0 Å². The monoisotopic (exact) mass is 360 g/mol. The van der Waals surface area contributed by atoms with Crippen molar-refractivity contribution in [2.45, 2.75) is 17.1 Å². The first kappa shape index (κ1) is 15.9. The smallest absolute Gasteiger partial charge is 0.267 e. The molecule has 0 saturated heterocycles. The molecule has 0 saturated carbocycles. The van der Waals surface area contributed by atoms with Gasteiger partial charge in [0.1, 0.15) is 0 Å². The molecule has 1 N–H and O–H groups in total. The average Bonchev–Trinajstić information content (AvgIpc) is 2.89. The second-order valence-corrected chi connectivity index (χ2v) is 5.96. The van der Waals surface area contributed by atoms with Crippen LogP contribution in [0.25, 0.3) is 5.78 Å². The molecule has 0 bridgehead atoms. The molecule has 0 atom stereocenters. The minimum absolute atomic E-state index is 0.295. The summed E-state index contributed by atoms with van der Waals surface area (Å²) in [5, 5.41) is 3.53. The van der Waals surface area contributed by atoms with E-state index in [2.05, 4.69) is 15.1 Å². The van der Waals surface area contributed by atoms with Crippen LogP contribution < -0.4 is 5.56 Å². The van der Waals surface area contributed by atoms with Crippen molar-refractivity contribution in [3.05, 3.63) is 57.0 Å². The van der Waals surface area contributed by atoms with Gasteiger partial charge in [0, 0.05) is 16.8 Å². The minimum atomic E-state index is -4.69. The standard InChI is InChI=1S/C13H8ClF3N4OS/c14-8-3-1-7(2-4-8)6-23-12-19-11-18-9(13(15,16)17)5-10(22)21(11)20-12/h1-5H,6H2,(H,18,19,20). The molecule has 3 aromatic rings. The zero-order valence-corrected chi connectivity index (χ0v) is 12.8. The summed E-state index contributed by atoms with van der Waals surface area (Å²) in [7, 11) is 0. The van der Waals surface area contributed by atoms with Crippen LogP contribution in [0.1, 0.15) is 11.3 Å². The number of hydrogen-bond acceptors (Lipinski definition) is 4. The highest BCUT2D eigenvalue weighted by molar-refractivity contribution is 7.98. The van der Waals surface area contributed by atoms with Crippen LogP contribution in [-0.4, -0.2) is 19.6 Å². The van der Waals surface area contributed by atoms with Crippen molar-refractivity contribution in [3.8, 4) is 0 Å².